The molecule has 1 aliphatic rings. The summed E-state index contributed by atoms with van der Waals surface area (Å²) in [5.74, 6) is 0. The molecule has 0 aromatic carbocycles. The van der Waals surface area contributed by atoms with Crippen molar-refractivity contribution in [3.05, 3.63) is 21.3 Å². The van der Waals surface area contributed by atoms with Gasteiger partial charge in [-0.05, 0) is 25.0 Å². The molecule has 2 N–H and O–H groups in total. The van der Waals surface area contributed by atoms with Gasteiger partial charge in [0, 0.05) is 10.9 Å². The van der Waals surface area contributed by atoms with E-state index in [1.54, 1.807) is 0 Å². The predicted octanol–water partition coefficient (Wildman–Crippen LogP) is 3.53. The zero-order valence-corrected chi connectivity index (χ0v) is 11.2. The number of hydrogen-bond acceptors (Lipinski definition) is 2. The summed E-state index contributed by atoms with van der Waals surface area (Å²) in [7, 11) is 0. The number of halogens is 1. The Kier molecular flexibility index (Phi) is 4.68. The van der Waals surface area contributed by atoms with E-state index in [9.17, 15) is 4.79 Å². The van der Waals surface area contributed by atoms with Gasteiger partial charge in [0.25, 0.3) is 0 Å². The van der Waals surface area contributed by atoms with Crippen LogP contribution in [0.1, 0.15) is 37.0 Å². The van der Waals surface area contributed by atoms with Crippen molar-refractivity contribution in [3.8, 4) is 0 Å². The van der Waals surface area contributed by atoms with E-state index in [-0.39, 0.29) is 6.03 Å². The Morgan fingerprint density at radius 2 is 2.12 bits per heavy atom. The number of carbonyl (C=O) groups is 1. The maximum Gasteiger partial charge on any atom is 0.315 e. The van der Waals surface area contributed by atoms with Crippen molar-refractivity contribution in [1.82, 2.24) is 10.6 Å². The quantitative estimate of drug-likeness (QED) is 0.868. The molecule has 17 heavy (non-hydrogen) atoms. The van der Waals surface area contributed by atoms with E-state index in [1.807, 2.05) is 12.1 Å². The SMILES string of the molecule is O=C(NCc1ccc(Cl)s1)NC1CCCCC1. The third-order valence-corrected chi connectivity index (χ3v) is 4.22. The molecule has 1 saturated carbocycles. The van der Waals surface area contributed by atoms with Crippen molar-refractivity contribution in [3.63, 3.8) is 0 Å². The van der Waals surface area contributed by atoms with Gasteiger partial charge in [0.2, 0.25) is 0 Å². The number of hydrogen-bond donors (Lipinski definition) is 2. The fourth-order valence-corrected chi connectivity index (χ4v) is 3.12. The molecular formula is C12H17ClN2OS. The average Bonchev–Trinajstić information content (AvgIpc) is 2.74. The standard InChI is InChI=1S/C12H17ClN2OS/c13-11-7-6-10(17-11)8-14-12(16)15-9-4-2-1-3-5-9/h6-7,9H,1-5,8H2,(H2,14,15,16). The summed E-state index contributed by atoms with van der Waals surface area (Å²) in [5, 5.41) is 5.88. The van der Waals surface area contributed by atoms with Gasteiger partial charge in [0.05, 0.1) is 10.9 Å². The summed E-state index contributed by atoms with van der Waals surface area (Å²) >= 11 is 7.32. The minimum Gasteiger partial charge on any atom is -0.335 e. The molecule has 0 aliphatic heterocycles. The van der Waals surface area contributed by atoms with Gasteiger partial charge in [0.1, 0.15) is 0 Å². The van der Waals surface area contributed by atoms with E-state index in [1.165, 1.54) is 30.6 Å². The first-order chi connectivity index (χ1) is 8.24. The molecule has 3 nitrogen and oxygen atoms in total. The number of urea groups is 1. The van der Waals surface area contributed by atoms with Crippen molar-refractivity contribution in [2.24, 2.45) is 0 Å². The van der Waals surface area contributed by atoms with Crippen LogP contribution in [0, 0.1) is 0 Å². The van der Waals surface area contributed by atoms with Gasteiger partial charge >= 0.3 is 6.03 Å². The van der Waals surface area contributed by atoms with Crippen LogP contribution in [0.25, 0.3) is 0 Å². The first-order valence-electron chi connectivity index (χ1n) is 6.02. The monoisotopic (exact) mass is 272 g/mol. The van der Waals surface area contributed by atoms with Crippen LogP contribution in [-0.4, -0.2) is 12.1 Å². The number of nitrogens with one attached hydrogen (secondary N) is 2. The van der Waals surface area contributed by atoms with Gasteiger partial charge in [-0.3, -0.25) is 0 Å². The van der Waals surface area contributed by atoms with Crippen molar-refractivity contribution in [2.45, 2.75) is 44.7 Å². The Balaban J connectivity index is 1.70. The van der Waals surface area contributed by atoms with Gasteiger partial charge in [0.15, 0.2) is 0 Å². The molecule has 2 rings (SSSR count). The van der Waals surface area contributed by atoms with Crippen molar-refractivity contribution in [1.29, 1.82) is 0 Å². The second-order valence-electron chi connectivity index (χ2n) is 4.37. The lowest BCUT2D eigenvalue weighted by Crippen LogP contribution is -2.42. The molecule has 0 radical (unpaired) electrons. The Bertz CT molecular complexity index is 374. The van der Waals surface area contributed by atoms with Crippen LogP contribution < -0.4 is 10.6 Å². The van der Waals surface area contributed by atoms with E-state index in [4.69, 9.17) is 11.6 Å². The zero-order valence-electron chi connectivity index (χ0n) is 9.67. The Morgan fingerprint density at radius 1 is 1.35 bits per heavy atom. The Labute approximate surface area is 111 Å². The van der Waals surface area contributed by atoms with Gasteiger partial charge in [-0.1, -0.05) is 30.9 Å². The van der Waals surface area contributed by atoms with Gasteiger partial charge < -0.3 is 10.6 Å². The first kappa shape index (κ1) is 12.7. The van der Waals surface area contributed by atoms with E-state index in [2.05, 4.69) is 10.6 Å². The fourth-order valence-electron chi connectivity index (χ4n) is 2.10. The molecule has 0 atom stereocenters. The molecule has 1 aromatic heterocycles. The van der Waals surface area contributed by atoms with Crippen molar-refractivity contribution >= 4 is 29.0 Å². The lowest BCUT2D eigenvalue weighted by atomic mass is 9.96. The van der Waals surface area contributed by atoms with Crippen molar-refractivity contribution < 1.29 is 4.79 Å². The van der Waals surface area contributed by atoms with Gasteiger partial charge in [-0.15, -0.1) is 11.3 Å². The molecule has 94 valence electrons. The minimum atomic E-state index is -0.0681. The fraction of sp³-hybridized carbons (Fsp3) is 0.583. The summed E-state index contributed by atoms with van der Waals surface area (Å²) in [6.45, 7) is 0.552. The maximum absolute atomic E-state index is 11.6. The highest BCUT2D eigenvalue weighted by atomic mass is 35.5. The first-order valence-corrected chi connectivity index (χ1v) is 7.22. The molecule has 2 amide bonds. The van der Waals surface area contributed by atoms with Gasteiger partial charge in [-0.25, -0.2) is 4.79 Å². The zero-order chi connectivity index (χ0) is 12.1. The number of amides is 2. The normalized spacial score (nSPS) is 16.8. The minimum absolute atomic E-state index is 0.0681. The summed E-state index contributed by atoms with van der Waals surface area (Å²) < 4.78 is 0.759. The molecule has 1 heterocycles. The van der Waals surface area contributed by atoms with Crippen LogP contribution in [0.2, 0.25) is 4.34 Å². The van der Waals surface area contributed by atoms with E-state index in [0.717, 1.165) is 22.1 Å². The van der Waals surface area contributed by atoms with Gasteiger partial charge in [-0.2, -0.15) is 0 Å². The van der Waals surface area contributed by atoms with Crippen LogP contribution in [0.3, 0.4) is 0 Å². The van der Waals surface area contributed by atoms with E-state index in [0.29, 0.717) is 12.6 Å². The molecule has 0 bridgehead atoms. The molecule has 5 heteroatoms. The molecule has 0 saturated heterocycles. The average molecular weight is 273 g/mol. The third kappa shape index (κ3) is 4.21. The smallest absolute Gasteiger partial charge is 0.315 e. The highest BCUT2D eigenvalue weighted by Gasteiger charge is 2.15. The Morgan fingerprint density at radius 3 is 2.76 bits per heavy atom. The topological polar surface area (TPSA) is 41.1 Å². The van der Waals surface area contributed by atoms with Crippen LogP contribution in [0.5, 0.6) is 0 Å². The number of thiophene rings is 1. The molecule has 1 fully saturated rings. The van der Waals surface area contributed by atoms with Crippen LogP contribution in [0.4, 0.5) is 4.79 Å². The van der Waals surface area contributed by atoms with Crippen LogP contribution >= 0.6 is 22.9 Å². The molecular weight excluding hydrogens is 256 g/mol. The van der Waals surface area contributed by atoms with E-state index >= 15 is 0 Å². The summed E-state index contributed by atoms with van der Waals surface area (Å²) in [6, 6.07) is 4.08. The summed E-state index contributed by atoms with van der Waals surface area (Å²) in [4.78, 5) is 12.7. The third-order valence-electron chi connectivity index (χ3n) is 2.99. The highest BCUT2D eigenvalue weighted by molar-refractivity contribution is 7.16. The van der Waals surface area contributed by atoms with Crippen molar-refractivity contribution in [2.75, 3.05) is 0 Å². The lowest BCUT2D eigenvalue weighted by molar-refractivity contribution is 0.232. The Hall–Kier alpha value is -0.740. The molecule has 0 unspecified atom stereocenters. The summed E-state index contributed by atoms with van der Waals surface area (Å²) in [5.41, 5.74) is 0. The largest absolute Gasteiger partial charge is 0.335 e. The second-order valence-corrected chi connectivity index (χ2v) is 6.17. The number of rotatable bonds is 3. The molecule has 0 spiro atoms. The predicted molar refractivity (Wildman–Crippen MR) is 71.6 cm³/mol. The highest BCUT2D eigenvalue weighted by Crippen LogP contribution is 2.21. The van der Waals surface area contributed by atoms with Crippen LogP contribution in [-0.2, 0) is 6.54 Å². The van der Waals surface area contributed by atoms with Crippen LogP contribution in [0.15, 0.2) is 12.1 Å². The second kappa shape index (κ2) is 6.26. The lowest BCUT2D eigenvalue weighted by Gasteiger charge is -2.22. The molecule has 1 aromatic rings. The van der Waals surface area contributed by atoms with E-state index < -0.39 is 0 Å². The molecule has 1 aliphatic carbocycles. The number of carbonyl (C=O) groups excluding carboxylic acids is 1. The summed E-state index contributed by atoms with van der Waals surface area (Å²) in [6.07, 6.45) is 5.97. The maximum atomic E-state index is 11.6.